The fourth-order valence-electron chi connectivity index (χ4n) is 3.79. The van der Waals surface area contributed by atoms with E-state index in [-0.39, 0.29) is 11.3 Å². The molecule has 0 bridgehead atoms. The summed E-state index contributed by atoms with van der Waals surface area (Å²) in [4.78, 5) is 19.2. The summed E-state index contributed by atoms with van der Waals surface area (Å²) in [5.41, 5.74) is 3.00. The number of aryl methyl sites for hydroxylation is 2. The summed E-state index contributed by atoms with van der Waals surface area (Å²) in [6, 6.07) is 0. The molecule has 2 N–H and O–H groups in total. The molecule has 1 aliphatic carbocycles. The van der Waals surface area contributed by atoms with Crippen LogP contribution in [0, 0.1) is 19.3 Å². The second kappa shape index (κ2) is 8.56. The van der Waals surface area contributed by atoms with Crippen LogP contribution >= 0.6 is 0 Å². The van der Waals surface area contributed by atoms with E-state index in [4.69, 9.17) is 4.99 Å². The Morgan fingerprint density at radius 2 is 1.92 bits per heavy atom. The van der Waals surface area contributed by atoms with Crippen LogP contribution in [0.2, 0.25) is 0 Å². The van der Waals surface area contributed by atoms with Gasteiger partial charge >= 0.3 is 0 Å². The highest BCUT2D eigenvalue weighted by Crippen LogP contribution is 2.38. The molecule has 0 spiro atoms. The van der Waals surface area contributed by atoms with E-state index in [0.29, 0.717) is 13.1 Å². The van der Waals surface area contributed by atoms with Gasteiger partial charge in [0.15, 0.2) is 5.96 Å². The number of carbonyl (C=O) groups excluding carboxylic acids is 1. The molecule has 1 aliphatic rings. The molecule has 2 rings (SSSR count). The van der Waals surface area contributed by atoms with Crippen LogP contribution in [-0.2, 0) is 18.4 Å². The van der Waals surface area contributed by atoms with Crippen LogP contribution in [0.15, 0.2) is 4.99 Å². The Labute approximate surface area is 157 Å². The molecule has 1 aromatic rings. The Morgan fingerprint density at radius 1 is 1.27 bits per heavy atom. The van der Waals surface area contributed by atoms with E-state index >= 15 is 0 Å². The van der Waals surface area contributed by atoms with Gasteiger partial charge in [-0.2, -0.15) is 5.10 Å². The molecule has 1 fully saturated rings. The molecule has 146 valence electrons. The molecule has 1 heterocycles. The third-order valence-electron chi connectivity index (χ3n) is 5.41. The molecule has 1 amide bonds. The Bertz CT molecular complexity index is 655. The zero-order valence-corrected chi connectivity index (χ0v) is 17.1. The van der Waals surface area contributed by atoms with E-state index in [1.54, 1.807) is 4.90 Å². The molecule has 26 heavy (non-hydrogen) atoms. The number of guanidine groups is 1. The minimum Gasteiger partial charge on any atom is -0.357 e. The average Bonchev–Trinajstić information content (AvgIpc) is 3.16. The van der Waals surface area contributed by atoms with Gasteiger partial charge < -0.3 is 15.5 Å². The van der Waals surface area contributed by atoms with Gasteiger partial charge in [0.25, 0.3) is 0 Å². The smallest absolute Gasteiger partial charge is 0.230 e. The molecular formula is C19H34N6O. The number of aromatic nitrogens is 2. The van der Waals surface area contributed by atoms with E-state index < -0.39 is 0 Å². The number of nitrogens with one attached hydrogen (secondary N) is 2. The fraction of sp³-hybridized carbons (Fsp3) is 0.737. The quantitative estimate of drug-likeness (QED) is 0.597. The third kappa shape index (κ3) is 4.37. The van der Waals surface area contributed by atoms with Gasteiger partial charge in [0.2, 0.25) is 5.91 Å². The van der Waals surface area contributed by atoms with Crippen molar-refractivity contribution in [2.24, 2.45) is 17.5 Å². The maximum absolute atomic E-state index is 12.7. The standard InChI is InChI=1S/C19H34N6O/c1-7-20-18(21-12-16-14(2)23-25(6)15(16)3)22-13-19(10-8-9-11-19)17(26)24(4)5/h7-13H2,1-6H3,(H2,20,21,22). The van der Waals surface area contributed by atoms with Gasteiger partial charge in [0.1, 0.15) is 0 Å². The summed E-state index contributed by atoms with van der Waals surface area (Å²) in [7, 11) is 5.64. The molecule has 0 unspecified atom stereocenters. The Morgan fingerprint density at radius 3 is 2.42 bits per heavy atom. The number of hydrogen-bond acceptors (Lipinski definition) is 3. The molecule has 0 saturated heterocycles. The number of aliphatic imine (C=N–C) groups is 1. The Kier molecular flexibility index (Phi) is 6.67. The van der Waals surface area contributed by atoms with Crippen molar-refractivity contribution in [2.75, 3.05) is 27.2 Å². The maximum Gasteiger partial charge on any atom is 0.230 e. The third-order valence-corrected chi connectivity index (χ3v) is 5.41. The Balaban J connectivity index is 2.10. The van der Waals surface area contributed by atoms with Crippen LogP contribution in [0.3, 0.4) is 0 Å². The molecule has 1 saturated carbocycles. The zero-order valence-electron chi connectivity index (χ0n) is 17.1. The van der Waals surface area contributed by atoms with Crippen LogP contribution < -0.4 is 10.6 Å². The van der Waals surface area contributed by atoms with Crippen molar-refractivity contribution in [3.63, 3.8) is 0 Å². The highest BCUT2D eigenvalue weighted by Gasteiger charge is 2.42. The number of carbonyl (C=O) groups is 1. The first kappa shape index (κ1) is 20.3. The lowest BCUT2D eigenvalue weighted by atomic mass is 9.84. The molecule has 0 atom stereocenters. The van der Waals surface area contributed by atoms with Crippen LogP contribution in [0.1, 0.15) is 49.6 Å². The monoisotopic (exact) mass is 362 g/mol. The lowest BCUT2D eigenvalue weighted by Crippen LogP contribution is -2.49. The molecule has 0 aromatic carbocycles. The molecule has 0 radical (unpaired) electrons. The summed E-state index contributed by atoms with van der Waals surface area (Å²) in [6.45, 7) is 8.12. The summed E-state index contributed by atoms with van der Waals surface area (Å²) < 4.78 is 1.89. The number of amides is 1. The van der Waals surface area contributed by atoms with Crippen LogP contribution in [0.5, 0.6) is 0 Å². The van der Waals surface area contributed by atoms with Crippen LogP contribution in [0.4, 0.5) is 0 Å². The molecule has 1 aromatic heterocycles. The Hall–Kier alpha value is -2.05. The van der Waals surface area contributed by atoms with Crippen LogP contribution in [0.25, 0.3) is 0 Å². The summed E-state index contributed by atoms with van der Waals surface area (Å²) in [6.07, 6.45) is 4.11. The van der Waals surface area contributed by atoms with Crippen molar-refractivity contribution in [1.82, 2.24) is 25.3 Å². The highest BCUT2D eigenvalue weighted by atomic mass is 16.2. The minimum atomic E-state index is -0.306. The first-order chi connectivity index (χ1) is 12.3. The second-order valence-corrected chi connectivity index (χ2v) is 7.51. The fourth-order valence-corrected chi connectivity index (χ4v) is 3.79. The van der Waals surface area contributed by atoms with Gasteiger partial charge in [-0.1, -0.05) is 12.8 Å². The van der Waals surface area contributed by atoms with Crippen LogP contribution in [-0.4, -0.2) is 53.7 Å². The van der Waals surface area contributed by atoms with Gasteiger partial charge in [0, 0.05) is 45.5 Å². The lowest BCUT2D eigenvalue weighted by molar-refractivity contribution is -0.138. The van der Waals surface area contributed by atoms with Gasteiger partial charge in [0.05, 0.1) is 17.7 Å². The molecular weight excluding hydrogens is 328 g/mol. The largest absolute Gasteiger partial charge is 0.357 e. The topological polar surface area (TPSA) is 74.5 Å². The summed E-state index contributed by atoms with van der Waals surface area (Å²) in [5.74, 6) is 0.977. The van der Waals surface area contributed by atoms with E-state index in [1.165, 1.54) is 0 Å². The average molecular weight is 363 g/mol. The molecule has 7 heteroatoms. The van der Waals surface area contributed by atoms with Crippen molar-refractivity contribution in [2.45, 2.75) is 53.0 Å². The first-order valence-corrected chi connectivity index (χ1v) is 9.53. The van der Waals surface area contributed by atoms with E-state index in [9.17, 15) is 4.79 Å². The normalized spacial score (nSPS) is 16.6. The SMILES string of the molecule is CCNC(=NCc1c(C)nn(C)c1C)NCC1(C(=O)N(C)C)CCCC1. The number of hydrogen-bond donors (Lipinski definition) is 2. The van der Waals surface area contributed by atoms with Gasteiger partial charge in [-0.25, -0.2) is 4.99 Å². The minimum absolute atomic E-state index is 0.220. The maximum atomic E-state index is 12.7. The van der Waals surface area contributed by atoms with Crippen molar-refractivity contribution in [3.05, 3.63) is 17.0 Å². The second-order valence-electron chi connectivity index (χ2n) is 7.51. The predicted molar refractivity (Wildman–Crippen MR) is 105 cm³/mol. The number of nitrogens with zero attached hydrogens (tertiary/aromatic N) is 4. The van der Waals surface area contributed by atoms with Gasteiger partial charge in [-0.3, -0.25) is 9.48 Å². The predicted octanol–water partition coefficient (Wildman–Crippen LogP) is 1.74. The highest BCUT2D eigenvalue weighted by molar-refractivity contribution is 5.85. The van der Waals surface area contributed by atoms with Crippen molar-refractivity contribution < 1.29 is 4.79 Å². The van der Waals surface area contributed by atoms with Crippen molar-refractivity contribution >= 4 is 11.9 Å². The van der Waals surface area contributed by atoms with Gasteiger partial charge in [-0.15, -0.1) is 0 Å². The number of rotatable bonds is 6. The van der Waals surface area contributed by atoms with E-state index in [0.717, 1.165) is 55.1 Å². The molecule has 0 aliphatic heterocycles. The molecule has 7 nitrogen and oxygen atoms in total. The van der Waals surface area contributed by atoms with Crippen molar-refractivity contribution in [3.8, 4) is 0 Å². The van der Waals surface area contributed by atoms with Gasteiger partial charge in [-0.05, 0) is 33.6 Å². The zero-order chi connectivity index (χ0) is 19.3. The van der Waals surface area contributed by atoms with E-state index in [2.05, 4.69) is 22.7 Å². The van der Waals surface area contributed by atoms with E-state index in [1.807, 2.05) is 39.7 Å². The summed E-state index contributed by atoms with van der Waals surface area (Å²) in [5, 5.41) is 11.2. The van der Waals surface area contributed by atoms with Crippen molar-refractivity contribution in [1.29, 1.82) is 0 Å². The lowest BCUT2D eigenvalue weighted by Gasteiger charge is -2.31. The summed E-state index contributed by atoms with van der Waals surface area (Å²) >= 11 is 0. The first-order valence-electron chi connectivity index (χ1n) is 9.53.